The van der Waals surface area contributed by atoms with Crippen molar-refractivity contribution in [2.24, 2.45) is 11.1 Å². The number of pyridine rings is 2. The van der Waals surface area contributed by atoms with Gasteiger partial charge in [-0.25, -0.2) is 15.9 Å². The minimum atomic E-state index is -0.382. The number of nitro groups is 2. The molecular formula is C26H30Cl2N10O7. The molecule has 6 heterocycles. The van der Waals surface area contributed by atoms with Gasteiger partial charge in [0.25, 0.3) is 11.4 Å². The fraction of sp³-hybridized carbons (Fsp3) is 0.385. The van der Waals surface area contributed by atoms with Crippen LogP contribution in [-0.2, 0) is 17.9 Å². The lowest BCUT2D eigenvalue weighted by atomic mass is 10.1. The molecule has 1 amide bonds. The first kappa shape index (κ1) is 33.3. The summed E-state index contributed by atoms with van der Waals surface area (Å²) in [4.78, 5) is 48.7. The molecule has 45 heavy (non-hydrogen) atoms. The van der Waals surface area contributed by atoms with Crippen LogP contribution in [0.15, 0.2) is 64.9 Å². The van der Waals surface area contributed by atoms with Crippen molar-refractivity contribution in [1.29, 1.82) is 0 Å². The molecule has 0 radical (unpaired) electrons. The van der Waals surface area contributed by atoms with Crippen LogP contribution >= 0.6 is 23.2 Å². The molecule has 0 bridgehead atoms. The number of aromatic nitrogens is 2. The molecule has 240 valence electrons. The third-order valence-corrected chi connectivity index (χ3v) is 7.91. The third-order valence-electron chi connectivity index (χ3n) is 7.47. The van der Waals surface area contributed by atoms with E-state index in [-0.39, 0.29) is 46.4 Å². The first-order valence-electron chi connectivity index (χ1n) is 13.7. The van der Waals surface area contributed by atoms with Gasteiger partial charge in [0, 0.05) is 70.9 Å². The van der Waals surface area contributed by atoms with Crippen molar-refractivity contribution in [3.8, 4) is 0 Å². The predicted molar refractivity (Wildman–Crippen MR) is 159 cm³/mol. The van der Waals surface area contributed by atoms with E-state index in [4.69, 9.17) is 33.6 Å². The minimum Gasteiger partial charge on any atom is -0.409 e. The van der Waals surface area contributed by atoms with E-state index in [1.807, 2.05) is 21.9 Å². The molecule has 0 spiro atoms. The summed E-state index contributed by atoms with van der Waals surface area (Å²) in [5.74, 6) is 4.87. The lowest BCUT2D eigenvalue weighted by Gasteiger charge is -2.28. The van der Waals surface area contributed by atoms with Crippen molar-refractivity contribution in [2.45, 2.75) is 38.8 Å². The van der Waals surface area contributed by atoms with Crippen molar-refractivity contribution in [2.75, 3.05) is 26.2 Å². The van der Waals surface area contributed by atoms with Gasteiger partial charge in [0.2, 0.25) is 5.91 Å². The van der Waals surface area contributed by atoms with Crippen molar-refractivity contribution in [3.05, 3.63) is 101 Å². The van der Waals surface area contributed by atoms with Crippen LogP contribution in [0.2, 0.25) is 10.3 Å². The standard InChI is InChI=1S/C13H14ClN5O3.C13H13ClN4O3.H3NO/c14-11-3-1-9(7-15-11)8-17-5-6-18-12(16-20)4-2-10(13(17)18)19(21)22;14-11-3-1-9(7-15-11)8-16-5-6-17-12(19)4-2-10(13(16)17)18(20)21;1-2/h1,3,7,20H,2,4-6,8H2;1,3,7H,2,4-6,8H2;2H,1H2/b16-12+;;. The van der Waals surface area contributed by atoms with Crippen molar-refractivity contribution < 1.29 is 25.1 Å². The zero-order valence-electron chi connectivity index (χ0n) is 23.8. The zero-order chi connectivity index (χ0) is 32.7. The van der Waals surface area contributed by atoms with E-state index in [1.165, 1.54) is 4.90 Å². The number of amidine groups is 1. The Hall–Kier alpha value is -4.58. The Kier molecular flexibility index (Phi) is 11.1. The summed E-state index contributed by atoms with van der Waals surface area (Å²) in [6.07, 6.45) is 4.31. The summed E-state index contributed by atoms with van der Waals surface area (Å²) in [5.41, 5.74) is 2.09. The second kappa shape index (κ2) is 14.9. The first-order chi connectivity index (χ1) is 21.7. The van der Waals surface area contributed by atoms with Gasteiger partial charge in [0.05, 0.1) is 16.3 Å². The van der Waals surface area contributed by atoms with Gasteiger partial charge in [-0.05, 0) is 23.3 Å². The van der Waals surface area contributed by atoms with Crippen LogP contribution in [-0.4, -0.2) is 87.8 Å². The summed E-state index contributed by atoms with van der Waals surface area (Å²) >= 11 is 11.5. The van der Waals surface area contributed by atoms with E-state index in [0.717, 1.165) is 11.1 Å². The maximum absolute atomic E-state index is 11.9. The minimum absolute atomic E-state index is 0.0488. The Bertz CT molecular complexity index is 1520. The molecule has 0 aromatic carbocycles. The second-order valence-electron chi connectivity index (χ2n) is 10.1. The SMILES string of the molecule is NO.O=C1CCC([N+](=O)[O-])=C2N(Cc3ccc(Cl)nc3)CCN12.O=[N+]([O-])C1=C2N(Cc3ccc(Cl)nc3)CCN2/C(=N/O)CC1. The first-order valence-corrected chi connectivity index (χ1v) is 14.4. The Balaban J connectivity index is 0.000000194. The predicted octanol–water partition coefficient (Wildman–Crippen LogP) is 2.83. The molecule has 0 saturated carbocycles. The molecule has 0 aliphatic carbocycles. The monoisotopic (exact) mass is 664 g/mol. The van der Waals surface area contributed by atoms with Gasteiger partial charge in [0.1, 0.15) is 10.3 Å². The molecule has 2 aromatic rings. The maximum Gasteiger partial charge on any atom is 0.287 e. The molecule has 0 unspecified atom stereocenters. The van der Waals surface area contributed by atoms with E-state index in [9.17, 15) is 25.0 Å². The number of nitrogens with zero attached hydrogens (tertiary/aromatic N) is 9. The highest BCUT2D eigenvalue weighted by atomic mass is 35.5. The number of amides is 1. The average Bonchev–Trinajstić information content (AvgIpc) is 3.66. The molecule has 19 heteroatoms. The molecule has 4 N–H and O–H groups in total. The van der Waals surface area contributed by atoms with Gasteiger partial charge in [0.15, 0.2) is 17.5 Å². The van der Waals surface area contributed by atoms with Crippen molar-refractivity contribution in [1.82, 2.24) is 29.6 Å². The summed E-state index contributed by atoms with van der Waals surface area (Å²) in [5, 5.41) is 42.2. The highest BCUT2D eigenvalue weighted by Gasteiger charge is 2.41. The number of rotatable bonds is 6. The molecule has 2 aromatic heterocycles. The largest absolute Gasteiger partial charge is 0.409 e. The van der Waals surface area contributed by atoms with Crippen LogP contribution in [0.5, 0.6) is 0 Å². The Morgan fingerprint density at radius 1 is 0.778 bits per heavy atom. The number of oxime groups is 1. The van der Waals surface area contributed by atoms with E-state index in [0.29, 0.717) is 73.5 Å². The number of nitrogens with two attached hydrogens (primary N) is 1. The normalized spacial score (nSPS) is 18.3. The highest BCUT2D eigenvalue weighted by molar-refractivity contribution is 6.29. The van der Waals surface area contributed by atoms with Crippen LogP contribution in [0.1, 0.15) is 36.8 Å². The number of halogens is 2. The number of hydrogen-bond acceptors (Lipinski definition) is 13. The molecule has 4 aliphatic heterocycles. The van der Waals surface area contributed by atoms with Gasteiger partial charge in [-0.1, -0.05) is 40.5 Å². The molecule has 6 rings (SSSR count). The zero-order valence-corrected chi connectivity index (χ0v) is 25.3. The number of fused-ring (bicyclic) bond motifs is 2. The lowest BCUT2D eigenvalue weighted by Crippen LogP contribution is -2.35. The molecule has 17 nitrogen and oxygen atoms in total. The molecule has 2 fully saturated rings. The van der Waals surface area contributed by atoms with E-state index in [1.54, 1.807) is 29.4 Å². The quantitative estimate of drug-likeness (QED) is 0.175. The third kappa shape index (κ3) is 7.56. The summed E-state index contributed by atoms with van der Waals surface area (Å²) in [6.45, 7) is 3.22. The molecule has 2 saturated heterocycles. The van der Waals surface area contributed by atoms with Crippen LogP contribution in [0.25, 0.3) is 0 Å². The Labute approximate surface area is 266 Å². The van der Waals surface area contributed by atoms with Crippen molar-refractivity contribution in [3.63, 3.8) is 0 Å². The highest BCUT2D eigenvalue weighted by Crippen LogP contribution is 2.33. The van der Waals surface area contributed by atoms with Gasteiger partial charge >= 0.3 is 0 Å². The second-order valence-corrected chi connectivity index (χ2v) is 10.9. The van der Waals surface area contributed by atoms with Crippen LogP contribution in [0.4, 0.5) is 0 Å². The van der Waals surface area contributed by atoms with E-state index in [2.05, 4.69) is 21.0 Å². The smallest absolute Gasteiger partial charge is 0.287 e. The van der Waals surface area contributed by atoms with Crippen molar-refractivity contribution >= 4 is 34.9 Å². The molecular weight excluding hydrogens is 635 g/mol. The number of hydrogen-bond donors (Lipinski definition) is 3. The summed E-state index contributed by atoms with van der Waals surface area (Å²) < 4.78 is 0. The average molecular weight is 665 g/mol. The van der Waals surface area contributed by atoms with Gasteiger partial charge < -0.3 is 25.1 Å². The van der Waals surface area contributed by atoms with Gasteiger partial charge in [-0.15, -0.1) is 0 Å². The maximum atomic E-state index is 11.9. The Morgan fingerprint density at radius 2 is 1.24 bits per heavy atom. The van der Waals surface area contributed by atoms with E-state index < -0.39 is 0 Å². The topological polar surface area (TPSA) is 221 Å². The number of carbonyl (C=O) groups excluding carboxylic acids is 1. The Morgan fingerprint density at radius 3 is 1.69 bits per heavy atom. The van der Waals surface area contributed by atoms with Gasteiger partial charge in [-0.2, -0.15) is 0 Å². The van der Waals surface area contributed by atoms with Gasteiger partial charge in [-0.3, -0.25) is 29.9 Å². The fourth-order valence-electron chi connectivity index (χ4n) is 5.52. The number of allylic oxidation sites excluding steroid dienone is 2. The van der Waals surface area contributed by atoms with Crippen LogP contribution < -0.4 is 5.90 Å². The van der Waals surface area contributed by atoms with Crippen LogP contribution in [0.3, 0.4) is 0 Å². The summed E-state index contributed by atoms with van der Waals surface area (Å²) in [7, 11) is 0. The number of carbonyl (C=O) groups is 1. The van der Waals surface area contributed by atoms with Crippen LogP contribution in [0, 0.1) is 20.2 Å². The summed E-state index contributed by atoms with van der Waals surface area (Å²) in [6, 6.07) is 7.04. The van der Waals surface area contributed by atoms with E-state index >= 15 is 0 Å². The fourth-order valence-corrected chi connectivity index (χ4v) is 5.75. The molecule has 4 aliphatic rings. The molecule has 0 atom stereocenters. The lowest BCUT2D eigenvalue weighted by molar-refractivity contribution is -0.431.